The van der Waals surface area contributed by atoms with Crippen molar-refractivity contribution in [2.24, 2.45) is 10.2 Å². The van der Waals surface area contributed by atoms with Crippen molar-refractivity contribution in [3.05, 3.63) is 58.9 Å². The van der Waals surface area contributed by atoms with Gasteiger partial charge >= 0.3 is 5.97 Å². The van der Waals surface area contributed by atoms with E-state index >= 15 is 0 Å². The molecule has 0 aliphatic carbocycles. The number of azo groups is 1. The van der Waals surface area contributed by atoms with Crippen molar-refractivity contribution in [1.82, 2.24) is 9.38 Å². The number of benzene rings is 1. The van der Waals surface area contributed by atoms with E-state index in [9.17, 15) is 4.79 Å². The fourth-order valence-electron chi connectivity index (χ4n) is 2.59. The van der Waals surface area contributed by atoms with Crippen LogP contribution in [0.15, 0.2) is 46.6 Å². The van der Waals surface area contributed by atoms with Crippen molar-refractivity contribution in [3.8, 4) is 0 Å². The summed E-state index contributed by atoms with van der Waals surface area (Å²) in [7, 11) is 0. The third kappa shape index (κ3) is 2.90. The molecule has 0 radical (unpaired) electrons. The molecule has 2 heterocycles. The summed E-state index contributed by atoms with van der Waals surface area (Å²) in [5.41, 5.74) is 4.94. The number of carboxylic acids is 1. The molecule has 0 aliphatic heterocycles. The largest absolute Gasteiger partial charge is 0.481 e. The Morgan fingerprint density at radius 1 is 1.12 bits per heavy atom. The van der Waals surface area contributed by atoms with Crippen LogP contribution < -0.4 is 0 Å². The molecule has 3 aromatic rings. The fourth-order valence-corrected chi connectivity index (χ4v) is 2.59. The third-order valence-corrected chi connectivity index (χ3v) is 4.03. The molecule has 0 fully saturated rings. The first-order valence-corrected chi connectivity index (χ1v) is 7.64. The van der Waals surface area contributed by atoms with Crippen LogP contribution in [0.25, 0.3) is 5.65 Å². The normalized spacial score (nSPS) is 11.5. The van der Waals surface area contributed by atoms with Crippen LogP contribution in [-0.4, -0.2) is 20.5 Å². The van der Waals surface area contributed by atoms with Crippen LogP contribution in [0.4, 0.5) is 11.5 Å². The lowest BCUT2D eigenvalue weighted by Crippen LogP contribution is -2.00. The van der Waals surface area contributed by atoms with Crippen LogP contribution in [0.5, 0.6) is 0 Å². The van der Waals surface area contributed by atoms with Gasteiger partial charge in [0.1, 0.15) is 5.65 Å². The lowest BCUT2D eigenvalue weighted by molar-refractivity contribution is -0.136. The lowest BCUT2D eigenvalue weighted by atomic mass is 10.1. The first-order chi connectivity index (χ1) is 11.5. The second kappa shape index (κ2) is 6.23. The molecule has 0 bridgehead atoms. The number of carboxylic acid groups (broad SMARTS) is 1. The van der Waals surface area contributed by atoms with Gasteiger partial charge in [0.05, 0.1) is 17.8 Å². The summed E-state index contributed by atoms with van der Waals surface area (Å²) >= 11 is 0. The van der Waals surface area contributed by atoms with E-state index in [4.69, 9.17) is 5.11 Å². The van der Waals surface area contributed by atoms with E-state index in [0.717, 1.165) is 22.5 Å². The van der Waals surface area contributed by atoms with E-state index in [1.807, 2.05) is 61.6 Å². The highest BCUT2D eigenvalue weighted by Gasteiger charge is 2.16. The number of fused-ring (bicyclic) bond motifs is 1. The van der Waals surface area contributed by atoms with Gasteiger partial charge < -0.3 is 5.11 Å². The number of rotatable bonds is 4. The zero-order chi connectivity index (χ0) is 17.3. The molecule has 2 aromatic heterocycles. The summed E-state index contributed by atoms with van der Waals surface area (Å²) in [4.78, 5) is 15.5. The molecular formula is C18H18N4O2. The van der Waals surface area contributed by atoms with Crippen molar-refractivity contribution >= 4 is 23.1 Å². The van der Waals surface area contributed by atoms with Crippen LogP contribution in [-0.2, 0) is 11.2 Å². The van der Waals surface area contributed by atoms with Gasteiger partial charge in [0, 0.05) is 5.69 Å². The molecule has 0 unspecified atom stereocenters. The number of hydrogen-bond donors (Lipinski definition) is 1. The average molecular weight is 322 g/mol. The van der Waals surface area contributed by atoms with Crippen molar-refractivity contribution in [3.63, 3.8) is 0 Å². The molecular weight excluding hydrogens is 304 g/mol. The van der Waals surface area contributed by atoms with Gasteiger partial charge in [0.25, 0.3) is 0 Å². The highest BCUT2D eigenvalue weighted by Crippen LogP contribution is 2.28. The Morgan fingerprint density at radius 2 is 1.88 bits per heavy atom. The summed E-state index contributed by atoms with van der Waals surface area (Å²) < 4.78 is 1.83. The molecule has 6 nitrogen and oxygen atoms in total. The minimum Gasteiger partial charge on any atom is -0.481 e. The van der Waals surface area contributed by atoms with Crippen molar-refractivity contribution in [2.45, 2.75) is 27.2 Å². The number of nitrogens with zero attached hydrogens (tertiary/aromatic N) is 4. The standard InChI is InChI=1S/C18H18N4O2/c1-11-6-4-8-14(13(11)3)20-21-18-15(10-17(23)24)19-16-9-5-7-12(2)22(16)18/h4-9H,10H2,1-3H3,(H,23,24). The number of hydrogen-bond acceptors (Lipinski definition) is 4. The lowest BCUT2D eigenvalue weighted by Gasteiger charge is -2.04. The van der Waals surface area contributed by atoms with Crippen molar-refractivity contribution in [1.29, 1.82) is 0 Å². The van der Waals surface area contributed by atoms with E-state index in [0.29, 0.717) is 17.2 Å². The van der Waals surface area contributed by atoms with Crippen LogP contribution >= 0.6 is 0 Å². The Bertz CT molecular complexity index is 957. The number of carbonyl (C=O) groups is 1. The summed E-state index contributed by atoms with van der Waals surface area (Å²) in [5, 5.41) is 17.8. The van der Waals surface area contributed by atoms with Gasteiger partial charge in [-0.15, -0.1) is 10.2 Å². The average Bonchev–Trinajstić information content (AvgIpc) is 2.87. The molecule has 0 aliphatic rings. The third-order valence-electron chi connectivity index (χ3n) is 4.03. The maximum atomic E-state index is 11.1. The Labute approximate surface area is 139 Å². The molecule has 0 atom stereocenters. The molecule has 0 saturated heterocycles. The monoisotopic (exact) mass is 322 g/mol. The predicted molar refractivity (Wildman–Crippen MR) is 91.4 cm³/mol. The molecule has 0 amide bonds. The van der Waals surface area contributed by atoms with E-state index in [1.165, 1.54) is 0 Å². The molecule has 1 N–H and O–H groups in total. The Kier molecular flexibility index (Phi) is 4.12. The second-order valence-corrected chi connectivity index (χ2v) is 5.73. The zero-order valence-corrected chi connectivity index (χ0v) is 13.8. The van der Waals surface area contributed by atoms with Crippen LogP contribution in [0.1, 0.15) is 22.5 Å². The van der Waals surface area contributed by atoms with Gasteiger partial charge in [-0.2, -0.15) is 0 Å². The first kappa shape index (κ1) is 15.9. The number of pyridine rings is 1. The number of aryl methyl sites for hydroxylation is 2. The minimum atomic E-state index is -0.945. The number of imidazole rings is 1. The molecule has 3 rings (SSSR count). The molecule has 122 valence electrons. The number of aliphatic carboxylic acids is 1. The highest BCUT2D eigenvalue weighted by atomic mass is 16.4. The topological polar surface area (TPSA) is 79.3 Å². The smallest absolute Gasteiger partial charge is 0.309 e. The van der Waals surface area contributed by atoms with Crippen LogP contribution in [0, 0.1) is 20.8 Å². The van der Waals surface area contributed by atoms with E-state index in [1.54, 1.807) is 0 Å². The summed E-state index contributed by atoms with van der Waals surface area (Å²) in [5.74, 6) is -0.481. The van der Waals surface area contributed by atoms with Gasteiger partial charge in [-0.3, -0.25) is 9.20 Å². The minimum absolute atomic E-state index is 0.192. The predicted octanol–water partition coefficient (Wildman–Crippen LogP) is 4.30. The summed E-state index contributed by atoms with van der Waals surface area (Å²) in [6, 6.07) is 11.5. The van der Waals surface area contributed by atoms with Gasteiger partial charge in [0.15, 0.2) is 5.82 Å². The van der Waals surface area contributed by atoms with E-state index in [2.05, 4.69) is 15.2 Å². The molecule has 0 spiro atoms. The molecule has 6 heteroatoms. The van der Waals surface area contributed by atoms with E-state index in [-0.39, 0.29) is 6.42 Å². The fraction of sp³-hybridized carbons (Fsp3) is 0.222. The van der Waals surface area contributed by atoms with Gasteiger partial charge in [0.2, 0.25) is 0 Å². The second-order valence-electron chi connectivity index (χ2n) is 5.73. The Morgan fingerprint density at radius 3 is 2.62 bits per heavy atom. The summed E-state index contributed by atoms with van der Waals surface area (Å²) in [6.07, 6.45) is -0.192. The van der Waals surface area contributed by atoms with Gasteiger partial charge in [-0.25, -0.2) is 4.98 Å². The Hall–Kier alpha value is -3.02. The van der Waals surface area contributed by atoms with E-state index < -0.39 is 5.97 Å². The summed E-state index contributed by atoms with van der Waals surface area (Å²) in [6.45, 7) is 5.93. The maximum Gasteiger partial charge on any atom is 0.309 e. The molecule has 1 aromatic carbocycles. The van der Waals surface area contributed by atoms with Gasteiger partial charge in [-0.05, 0) is 50.1 Å². The Balaban J connectivity index is 2.15. The van der Waals surface area contributed by atoms with Gasteiger partial charge in [-0.1, -0.05) is 18.2 Å². The van der Waals surface area contributed by atoms with Crippen LogP contribution in [0.2, 0.25) is 0 Å². The zero-order valence-electron chi connectivity index (χ0n) is 13.8. The van der Waals surface area contributed by atoms with Crippen molar-refractivity contribution in [2.75, 3.05) is 0 Å². The maximum absolute atomic E-state index is 11.1. The molecule has 24 heavy (non-hydrogen) atoms. The highest BCUT2D eigenvalue weighted by molar-refractivity contribution is 5.72. The van der Waals surface area contributed by atoms with Crippen LogP contribution in [0.3, 0.4) is 0 Å². The quantitative estimate of drug-likeness (QED) is 0.727. The first-order valence-electron chi connectivity index (χ1n) is 7.64. The molecule has 0 saturated carbocycles. The van der Waals surface area contributed by atoms with Crippen molar-refractivity contribution < 1.29 is 9.90 Å². The number of aromatic nitrogens is 2. The SMILES string of the molecule is Cc1cccc(N=Nc2c(CC(=O)O)nc3cccc(C)n23)c1C.